The molecule has 0 amide bonds. The van der Waals surface area contributed by atoms with Crippen LogP contribution in [0.3, 0.4) is 0 Å². The molecule has 0 bridgehead atoms. The quantitative estimate of drug-likeness (QED) is 0.344. The molecule has 0 aromatic rings. The van der Waals surface area contributed by atoms with Gasteiger partial charge in [-0.05, 0) is 19.9 Å². The van der Waals surface area contributed by atoms with Crippen LogP contribution in [0.1, 0.15) is 13.8 Å². The van der Waals surface area contributed by atoms with Gasteiger partial charge in [-0.25, -0.2) is 4.79 Å². The van der Waals surface area contributed by atoms with Crippen molar-refractivity contribution in [1.82, 2.24) is 0 Å². The van der Waals surface area contributed by atoms with Gasteiger partial charge in [-0.15, -0.1) is 0 Å². The first kappa shape index (κ1) is 11.4. The summed E-state index contributed by atoms with van der Waals surface area (Å²) in [6.45, 7) is 7.22. The van der Waals surface area contributed by atoms with Crippen molar-refractivity contribution in [2.45, 2.75) is 13.8 Å². The fourth-order valence-corrected chi connectivity index (χ4v) is 0.677. The van der Waals surface area contributed by atoms with E-state index in [0.717, 1.165) is 5.71 Å². The van der Waals surface area contributed by atoms with Crippen LogP contribution in [0.5, 0.6) is 0 Å². The molecule has 0 fully saturated rings. The smallest absolute Gasteiger partial charge is 0.346 e. The van der Waals surface area contributed by atoms with Crippen LogP contribution in [0, 0.1) is 0 Å². The molecule has 0 saturated heterocycles. The van der Waals surface area contributed by atoms with Crippen LogP contribution >= 0.6 is 23.0 Å². The largest absolute Gasteiger partial charge is 0.391 e. The molecule has 0 N–H and O–H groups in total. The van der Waals surface area contributed by atoms with E-state index in [0.29, 0.717) is 0 Å². The van der Waals surface area contributed by atoms with Gasteiger partial charge < -0.3 is 3.07 Å². The fourth-order valence-electron chi connectivity index (χ4n) is 0.394. The molecular weight excluding hydrogens is 269 g/mol. The van der Waals surface area contributed by atoms with E-state index in [4.69, 9.17) is 0 Å². The summed E-state index contributed by atoms with van der Waals surface area (Å²) >= 11 is 1.51. The first-order valence-electron chi connectivity index (χ1n) is 3.27. The maximum Gasteiger partial charge on any atom is 0.346 e. The van der Waals surface area contributed by atoms with Crippen LogP contribution in [0.25, 0.3) is 0 Å². The molecule has 66 valence electrons. The van der Waals surface area contributed by atoms with Crippen molar-refractivity contribution in [3.63, 3.8) is 0 Å². The molecule has 0 rings (SSSR count). The predicted octanol–water partition coefficient (Wildman–Crippen LogP) is 2.43. The van der Waals surface area contributed by atoms with Crippen molar-refractivity contribution >= 4 is 34.7 Å². The van der Waals surface area contributed by atoms with Gasteiger partial charge in [0.2, 0.25) is 0 Å². The highest BCUT2D eigenvalue weighted by molar-refractivity contribution is 14.1. The number of halogens is 1. The van der Waals surface area contributed by atoms with Crippen molar-refractivity contribution in [1.29, 1.82) is 0 Å². The SMILES string of the molecule is C=C(/C=C\N=C(C)C)C(=O)OI. The van der Waals surface area contributed by atoms with Crippen molar-refractivity contribution in [2.75, 3.05) is 0 Å². The van der Waals surface area contributed by atoms with Gasteiger partial charge in [0.1, 0.15) is 0 Å². The third-order valence-corrected chi connectivity index (χ3v) is 1.34. The zero-order valence-corrected chi connectivity index (χ0v) is 9.16. The third kappa shape index (κ3) is 5.06. The molecule has 0 aromatic carbocycles. The highest BCUT2D eigenvalue weighted by Crippen LogP contribution is 2.00. The first-order chi connectivity index (χ1) is 5.57. The van der Waals surface area contributed by atoms with E-state index in [-0.39, 0.29) is 5.57 Å². The molecule has 0 aliphatic heterocycles. The van der Waals surface area contributed by atoms with Gasteiger partial charge in [0.15, 0.2) is 23.0 Å². The molecule has 0 saturated carbocycles. The van der Waals surface area contributed by atoms with E-state index >= 15 is 0 Å². The average Bonchev–Trinajstić information content (AvgIpc) is 2.02. The lowest BCUT2D eigenvalue weighted by molar-refractivity contribution is -0.126. The van der Waals surface area contributed by atoms with E-state index in [1.807, 2.05) is 13.8 Å². The molecule has 3 nitrogen and oxygen atoms in total. The van der Waals surface area contributed by atoms with E-state index in [1.165, 1.54) is 35.3 Å². The standard InChI is InChI=1S/C8H10INO2/c1-6(2)10-5-4-7(3)8(11)12-9/h4-5H,3H2,1-2H3/b5-4-. The molecule has 0 aliphatic rings. The minimum Gasteiger partial charge on any atom is -0.391 e. The zero-order valence-electron chi connectivity index (χ0n) is 7.00. The molecule has 0 spiro atoms. The van der Waals surface area contributed by atoms with E-state index in [9.17, 15) is 4.79 Å². The summed E-state index contributed by atoms with van der Waals surface area (Å²) in [4.78, 5) is 14.7. The second-order valence-corrected chi connectivity index (χ2v) is 2.72. The highest BCUT2D eigenvalue weighted by atomic mass is 127. The van der Waals surface area contributed by atoms with Crippen molar-refractivity contribution in [2.24, 2.45) is 4.99 Å². The van der Waals surface area contributed by atoms with E-state index < -0.39 is 5.97 Å². The predicted molar refractivity (Wildman–Crippen MR) is 57.2 cm³/mol. The Morgan fingerprint density at radius 1 is 1.58 bits per heavy atom. The number of aliphatic imine (C=N–C) groups is 1. The van der Waals surface area contributed by atoms with Crippen LogP contribution in [-0.2, 0) is 7.86 Å². The Kier molecular flexibility index (Phi) is 5.61. The van der Waals surface area contributed by atoms with Gasteiger partial charge >= 0.3 is 5.97 Å². The van der Waals surface area contributed by atoms with Gasteiger partial charge in [0, 0.05) is 11.9 Å². The second-order valence-electron chi connectivity index (χ2n) is 2.28. The highest BCUT2D eigenvalue weighted by Gasteiger charge is 2.01. The molecule has 12 heavy (non-hydrogen) atoms. The third-order valence-electron chi connectivity index (χ3n) is 0.941. The summed E-state index contributed by atoms with van der Waals surface area (Å²) in [5, 5.41) is 0. The molecule has 0 unspecified atom stereocenters. The van der Waals surface area contributed by atoms with Crippen LogP contribution < -0.4 is 0 Å². The van der Waals surface area contributed by atoms with Gasteiger partial charge in [0.05, 0.1) is 5.57 Å². The minimum absolute atomic E-state index is 0.286. The Labute approximate surface area is 85.9 Å². The van der Waals surface area contributed by atoms with Crippen molar-refractivity contribution < 1.29 is 7.86 Å². The summed E-state index contributed by atoms with van der Waals surface area (Å²) in [7, 11) is 0. The number of nitrogens with zero attached hydrogens (tertiary/aromatic N) is 1. The molecule has 0 radical (unpaired) electrons. The minimum atomic E-state index is -0.448. The van der Waals surface area contributed by atoms with Crippen LogP contribution in [0.2, 0.25) is 0 Å². The molecule has 0 heterocycles. The molecule has 0 aliphatic carbocycles. The summed E-state index contributed by atoms with van der Waals surface area (Å²) in [6.07, 6.45) is 3.03. The lowest BCUT2D eigenvalue weighted by Crippen LogP contribution is -1.96. The monoisotopic (exact) mass is 279 g/mol. The Morgan fingerprint density at radius 2 is 2.17 bits per heavy atom. The normalized spacial score (nSPS) is 9.58. The summed E-state index contributed by atoms with van der Waals surface area (Å²) < 4.78 is 4.40. The fraction of sp³-hybridized carbons (Fsp3) is 0.250. The lowest BCUT2D eigenvalue weighted by atomic mass is 10.3. The van der Waals surface area contributed by atoms with Crippen molar-refractivity contribution in [3.05, 3.63) is 24.4 Å². The van der Waals surface area contributed by atoms with E-state index in [1.54, 1.807) is 0 Å². The Hall–Kier alpha value is -0.650. The second kappa shape index (κ2) is 5.93. The number of hydrogen-bond acceptors (Lipinski definition) is 3. The van der Waals surface area contributed by atoms with E-state index in [2.05, 4.69) is 14.6 Å². The number of carbonyl (C=O) groups excluding carboxylic acids is 1. The summed E-state index contributed by atoms with van der Waals surface area (Å²) in [6, 6.07) is 0. The zero-order chi connectivity index (χ0) is 9.56. The van der Waals surface area contributed by atoms with Crippen LogP contribution in [0.15, 0.2) is 29.4 Å². The first-order valence-corrected chi connectivity index (χ1v) is 4.15. The molecule has 0 atom stereocenters. The number of hydrogen-bond donors (Lipinski definition) is 0. The van der Waals surface area contributed by atoms with Crippen molar-refractivity contribution in [3.8, 4) is 0 Å². The topological polar surface area (TPSA) is 38.7 Å². The maximum atomic E-state index is 10.8. The lowest BCUT2D eigenvalue weighted by Gasteiger charge is -1.92. The Bertz CT molecular complexity index is 239. The number of carbonyl (C=O) groups is 1. The van der Waals surface area contributed by atoms with Gasteiger partial charge in [-0.1, -0.05) is 6.58 Å². The Balaban J connectivity index is 4.10. The Morgan fingerprint density at radius 3 is 2.58 bits per heavy atom. The molecular formula is C8H10INO2. The number of rotatable bonds is 3. The van der Waals surface area contributed by atoms with Gasteiger partial charge in [-0.3, -0.25) is 4.99 Å². The maximum absolute atomic E-state index is 10.8. The van der Waals surface area contributed by atoms with Crippen LogP contribution in [0.4, 0.5) is 0 Å². The molecule has 0 aromatic heterocycles. The van der Waals surface area contributed by atoms with Gasteiger partial charge in [-0.2, -0.15) is 0 Å². The van der Waals surface area contributed by atoms with Gasteiger partial charge in [0.25, 0.3) is 0 Å². The summed E-state index contributed by atoms with van der Waals surface area (Å²) in [5.41, 5.74) is 1.20. The molecule has 4 heteroatoms. The summed E-state index contributed by atoms with van der Waals surface area (Å²) in [5.74, 6) is -0.448. The van der Waals surface area contributed by atoms with Crippen LogP contribution in [-0.4, -0.2) is 11.7 Å². The average molecular weight is 279 g/mol.